The lowest BCUT2D eigenvalue weighted by molar-refractivity contribution is -0.140. The van der Waals surface area contributed by atoms with Crippen LogP contribution in [0.5, 0.6) is 11.5 Å². The summed E-state index contributed by atoms with van der Waals surface area (Å²) in [6, 6.07) is 16.8. The normalized spacial score (nSPS) is 12.6. The van der Waals surface area contributed by atoms with Gasteiger partial charge in [0.05, 0.1) is 24.3 Å². The Balaban J connectivity index is 2.04. The second kappa shape index (κ2) is 15.4. The van der Waals surface area contributed by atoms with Crippen molar-refractivity contribution in [2.45, 2.75) is 64.1 Å². The van der Waals surface area contributed by atoms with Crippen LogP contribution in [-0.2, 0) is 26.2 Å². The molecule has 1 N–H and O–H groups in total. The zero-order chi connectivity index (χ0) is 31.6. The predicted octanol–water partition coefficient (Wildman–Crippen LogP) is 5.15. The van der Waals surface area contributed by atoms with Crippen molar-refractivity contribution in [2.75, 3.05) is 24.6 Å². The molecule has 0 heterocycles. The van der Waals surface area contributed by atoms with Gasteiger partial charge in [-0.3, -0.25) is 13.9 Å². The van der Waals surface area contributed by atoms with E-state index >= 15 is 0 Å². The van der Waals surface area contributed by atoms with Gasteiger partial charge in [0.2, 0.25) is 11.8 Å². The topological polar surface area (TPSA) is 105 Å². The Bertz CT molecular complexity index is 1450. The maximum Gasteiger partial charge on any atom is 0.264 e. The summed E-state index contributed by atoms with van der Waals surface area (Å²) >= 11 is 0. The second-order valence-electron chi connectivity index (χ2n) is 10.0. The van der Waals surface area contributed by atoms with E-state index in [1.54, 1.807) is 38.3 Å². The first-order valence-electron chi connectivity index (χ1n) is 14.3. The highest BCUT2D eigenvalue weighted by molar-refractivity contribution is 7.92. The number of carbonyl (C=O) groups is 2. The number of ether oxygens (including phenoxy) is 2. The Labute approximate surface area is 253 Å². The van der Waals surface area contributed by atoms with Crippen LogP contribution >= 0.6 is 0 Å². The number of nitrogens with one attached hydrogen (secondary N) is 1. The van der Waals surface area contributed by atoms with E-state index in [1.807, 2.05) is 20.8 Å². The lowest BCUT2D eigenvalue weighted by atomic mass is 10.1. The zero-order valence-corrected chi connectivity index (χ0v) is 26.1. The second-order valence-corrected chi connectivity index (χ2v) is 11.9. The van der Waals surface area contributed by atoms with E-state index in [9.17, 15) is 22.4 Å². The fourth-order valence-electron chi connectivity index (χ4n) is 4.43. The number of hydrogen-bond acceptors (Lipinski definition) is 6. The van der Waals surface area contributed by atoms with Gasteiger partial charge in [-0.05, 0) is 92.9 Å². The van der Waals surface area contributed by atoms with E-state index in [4.69, 9.17) is 9.47 Å². The molecule has 0 bridgehead atoms. The molecule has 0 radical (unpaired) electrons. The highest BCUT2D eigenvalue weighted by Crippen LogP contribution is 2.27. The summed E-state index contributed by atoms with van der Waals surface area (Å²) in [6.45, 7) is 7.27. The average Bonchev–Trinajstić information content (AvgIpc) is 3.00. The number of hydrogen-bond donors (Lipinski definition) is 1. The Morgan fingerprint density at radius 1 is 0.884 bits per heavy atom. The van der Waals surface area contributed by atoms with Gasteiger partial charge >= 0.3 is 0 Å². The molecule has 9 nitrogen and oxygen atoms in total. The fourth-order valence-corrected chi connectivity index (χ4v) is 5.84. The van der Waals surface area contributed by atoms with Gasteiger partial charge in [0.15, 0.2) is 0 Å². The van der Waals surface area contributed by atoms with Crippen LogP contribution in [0.4, 0.5) is 10.1 Å². The maximum absolute atomic E-state index is 14.1. The van der Waals surface area contributed by atoms with Gasteiger partial charge in [0, 0.05) is 12.6 Å². The van der Waals surface area contributed by atoms with Crippen molar-refractivity contribution in [2.24, 2.45) is 0 Å². The van der Waals surface area contributed by atoms with Crippen molar-refractivity contribution >= 4 is 27.5 Å². The lowest BCUT2D eigenvalue weighted by Gasteiger charge is -2.33. The molecule has 0 aliphatic heterocycles. The van der Waals surface area contributed by atoms with Crippen molar-refractivity contribution in [1.82, 2.24) is 10.2 Å². The van der Waals surface area contributed by atoms with E-state index in [-0.39, 0.29) is 29.1 Å². The Morgan fingerprint density at radius 3 is 2.02 bits per heavy atom. The summed E-state index contributed by atoms with van der Waals surface area (Å²) in [5, 5.41) is 2.94. The molecule has 0 spiro atoms. The minimum atomic E-state index is -4.29. The standard InChI is InChI=1S/C32H40FN3O6S/c1-6-23(4)34-32(38)30(7-2)35(21-24-9-15-27(41-5)16-10-24)31(37)22-36(26-13-11-25(33)12-14-26)43(39,40)29-19-17-28(18-20-29)42-8-3/h9-20,23,30H,6-8,21-22H2,1-5H3,(H,34,38). The molecule has 2 atom stereocenters. The molecule has 0 saturated carbocycles. The Hall–Kier alpha value is -4.12. The van der Waals surface area contributed by atoms with Gasteiger partial charge in [0.25, 0.3) is 10.0 Å². The quantitative estimate of drug-likeness (QED) is 0.254. The molecule has 0 aromatic heterocycles. The highest BCUT2D eigenvalue weighted by Gasteiger charge is 2.34. The average molecular weight is 614 g/mol. The van der Waals surface area contributed by atoms with Crippen molar-refractivity contribution in [3.63, 3.8) is 0 Å². The van der Waals surface area contributed by atoms with Crippen LogP contribution in [-0.4, -0.2) is 57.5 Å². The summed E-state index contributed by atoms with van der Waals surface area (Å²) in [7, 11) is -2.75. The van der Waals surface area contributed by atoms with E-state index in [2.05, 4.69) is 5.32 Å². The first kappa shape index (κ1) is 33.4. The maximum atomic E-state index is 14.1. The summed E-state index contributed by atoms with van der Waals surface area (Å²) in [4.78, 5) is 28.8. The summed E-state index contributed by atoms with van der Waals surface area (Å²) in [5.74, 6) is -0.355. The van der Waals surface area contributed by atoms with Gasteiger partial charge in [-0.2, -0.15) is 0 Å². The van der Waals surface area contributed by atoms with Crippen LogP contribution in [0.15, 0.2) is 77.7 Å². The third-order valence-electron chi connectivity index (χ3n) is 7.02. The largest absolute Gasteiger partial charge is 0.497 e. The first-order chi connectivity index (χ1) is 20.5. The summed E-state index contributed by atoms with van der Waals surface area (Å²) in [5.41, 5.74) is 0.830. The molecule has 3 aromatic rings. The molecule has 0 aliphatic rings. The van der Waals surface area contributed by atoms with Gasteiger partial charge in [0.1, 0.15) is 29.9 Å². The smallest absolute Gasteiger partial charge is 0.264 e. The number of methoxy groups -OCH3 is 1. The fraction of sp³-hybridized carbons (Fsp3) is 0.375. The van der Waals surface area contributed by atoms with E-state index < -0.39 is 34.3 Å². The van der Waals surface area contributed by atoms with Crippen molar-refractivity contribution in [3.8, 4) is 11.5 Å². The SMILES string of the molecule is CCOc1ccc(S(=O)(=O)N(CC(=O)N(Cc2ccc(OC)cc2)C(CC)C(=O)NC(C)CC)c2ccc(F)cc2)cc1. The number of carbonyl (C=O) groups excluding carboxylic acids is 2. The molecule has 0 saturated heterocycles. The van der Waals surface area contributed by atoms with E-state index in [0.29, 0.717) is 30.9 Å². The number of rotatable bonds is 15. The van der Waals surface area contributed by atoms with Crippen molar-refractivity contribution < 1.29 is 31.9 Å². The molecule has 232 valence electrons. The molecule has 0 fully saturated rings. The summed E-state index contributed by atoms with van der Waals surface area (Å²) < 4.78 is 53.4. The molecule has 11 heteroatoms. The number of sulfonamides is 1. The van der Waals surface area contributed by atoms with Crippen LogP contribution in [0.2, 0.25) is 0 Å². The number of nitrogens with zero attached hydrogens (tertiary/aromatic N) is 2. The third kappa shape index (κ3) is 8.70. The highest BCUT2D eigenvalue weighted by atomic mass is 32.2. The molecule has 3 aromatic carbocycles. The van der Waals surface area contributed by atoms with Gasteiger partial charge < -0.3 is 19.7 Å². The molecule has 43 heavy (non-hydrogen) atoms. The molecule has 2 unspecified atom stereocenters. The van der Waals surface area contributed by atoms with Crippen LogP contribution in [0.1, 0.15) is 46.1 Å². The van der Waals surface area contributed by atoms with Gasteiger partial charge in [-0.25, -0.2) is 12.8 Å². The number of benzene rings is 3. The summed E-state index contributed by atoms with van der Waals surface area (Å²) in [6.07, 6.45) is 1.000. The van der Waals surface area contributed by atoms with Gasteiger partial charge in [-0.1, -0.05) is 26.0 Å². The lowest BCUT2D eigenvalue weighted by Crippen LogP contribution is -2.53. The Kier molecular flexibility index (Phi) is 11.9. The molecule has 3 rings (SSSR count). The molecule has 0 aliphatic carbocycles. The van der Waals surface area contributed by atoms with Crippen LogP contribution in [0, 0.1) is 5.82 Å². The first-order valence-corrected chi connectivity index (χ1v) is 15.7. The minimum Gasteiger partial charge on any atom is -0.497 e. The van der Waals surface area contributed by atoms with Gasteiger partial charge in [-0.15, -0.1) is 0 Å². The molecular weight excluding hydrogens is 573 g/mol. The van der Waals surface area contributed by atoms with Crippen molar-refractivity contribution in [3.05, 3.63) is 84.2 Å². The van der Waals surface area contributed by atoms with Crippen LogP contribution in [0.3, 0.4) is 0 Å². The predicted molar refractivity (Wildman–Crippen MR) is 164 cm³/mol. The zero-order valence-electron chi connectivity index (χ0n) is 25.2. The third-order valence-corrected chi connectivity index (χ3v) is 8.80. The monoisotopic (exact) mass is 613 g/mol. The minimum absolute atomic E-state index is 0.0512. The van der Waals surface area contributed by atoms with E-state index in [0.717, 1.165) is 22.0 Å². The number of anilines is 1. The number of halogens is 1. The van der Waals surface area contributed by atoms with Crippen LogP contribution < -0.4 is 19.1 Å². The van der Waals surface area contributed by atoms with E-state index in [1.165, 1.54) is 41.3 Å². The number of amides is 2. The molecule has 2 amide bonds. The van der Waals surface area contributed by atoms with Crippen molar-refractivity contribution in [1.29, 1.82) is 0 Å². The Morgan fingerprint density at radius 2 is 1.49 bits per heavy atom. The van der Waals surface area contributed by atoms with Crippen LogP contribution in [0.25, 0.3) is 0 Å². The molecular formula is C32H40FN3O6S.